The first-order valence-corrected chi connectivity index (χ1v) is 15.1. The highest BCUT2D eigenvalue weighted by molar-refractivity contribution is 8.45. The van der Waals surface area contributed by atoms with Gasteiger partial charge in [0.25, 0.3) is 0 Å². The van der Waals surface area contributed by atoms with Gasteiger partial charge < -0.3 is 15.3 Å². The molecule has 1 saturated carbocycles. The Balaban J connectivity index is 1.39. The Morgan fingerprint density at radius 1 is 1.19 bits per heavy atom. The quantitative estimate of drug-likeness (QED) is 0.482. The van der Waals surface area contributed by atoms with Gasteiger partial charge in [-0.05, 0) is 44.1 Å². The van der Waals surface area contributed by atoms with Crippen LogP contribution in [0, 0.1) is 11.3 Å². The Kier molecular flexibility index (Phi) is 5.78. The second-order valence-corrected chi connectivity index (χ2v) is 13.7. The van der Waals surface area contributed by atoms with Crippen molar-refractivity contribution in [1.82, 2.24) is 15.0 Å². The second kappa shape index (κ2) is 8.21. The molecule has 0 radical (unpaired) electrons. The number of anilines is 2. The first kappa shape index (κ1) is 26.1. The molecule has 202 valence electrons. The van der Waals surface area contributed by atoms with Crippen molar-refractivity contribution >= 4 is 32.7 Å². The average molecular weight is 565 g/mol. The zero-order valence-corrected chi connectivity index (χ0v) is 21.2. The number of piperidine rings is 1. The Labute approximate surface area is 212 Å². The fourth-order valence-corrected chi connectivity index (χ4v) is 6.97. The Morgan fingerprint density at radius 3 is 2.35 bits per heavy atom. The molecule has 1 saturated heterocycles. The van der Waals surface area contributed by atoms with Gasteiger partial charge in [-0.3, -0.25) is 4.21 Å². The lowest BCUT2D eigenvalue weighted by Crippen LogP contribution is -2.48. The number of hydrogen-bond acceptors (Lipinski definition) is 8. The summed E-state index contributed by atoms with van der Waals surface area (Å²) in [6, 6.07) is 2.20. The number of nitrogens with zero attached hydrogens (tertiary/aromatic N) is 5. The van der Waals surface area contributed by atoms with Crippen molar-refractivity contribution < 1.29 is 28.7 Å². The van der Waals surface area contributed by atoms with Crippen LogP contribution in [0.15, 0.2) is 22.2 Å². The normalized spacial score (nSPS) is 23.4. The van der Waals surface area contributed by atoms with Crippen LogP contribution in [0.4, 0.5) is 31.1 Å². The first-order valence-electron chi connectivity index (χ1n) is 11.8. The topological polar surface area (TPSA) is 115 Å². The van der Waals surface area contributed by atoms with Gasteiger partial charge in [0.15, 0.2) is 0 Å². The van der Waals surface area contributed by atoms with E-state index < -0.39 is 31.5 Å². The number of pyridine rings is 1. The average Bonchev–Trinajstić information content (AvgIpc) is 3.21. The number of aromatic nitrogens is 3. The molecule has 2 fully saturated rings. The Bertz CT molecular complexity index is 1300. The summed E-state index contributed by atoms with van der Waals surface area (Å²) < 4.78 is 77.7. The minimum atomic E-state index is -9.84. The Hall–Kier alpha value is -2.57. The van der Waals surface area contributed by atoms with Crippen LogP contribution in [-0.4, -0.2) is 55.3 Å². The third kappa shape index (κ3) is 4.86. The number of halogens is 5. The maximum atomic E-state index is 13.0. The van der Waals surface area contributed by atoms with E-state index >= 15 is 0 Å². The Morgan fingerprint density at radius 2 is 1.84 bits per heavy atom. The maximum absolute atomic E-state index is 13.0. The highest BCUT2D eigenvalue weighted by atomic mass is 32.5. The lowest BCUT2D eigenvalue weighted by Gasteiger charge is -2.42. The molecule has 0 spiro atoms. The van der Waals surface area contributed by atoms with Crippen LogP contribution < -0.4 is 10.2 Å². The summed E-state index contributed by atoms with van der Waals surface area (Å²) in [7, 11) is -11.2. The molecule has 0 unspecified atom stereocenters. The second-order valence-electron chi connectivity index (χ2n) is 9.80. The largest absolute Gasteiger partial charge is 0.394 e. The highest BCUT2D eigenvalue weighted by Crippen LogP contribution is 3.01. The van der Waals surface area contributed by atoms with E-state index in [9.17, 15) is 34.0 Å². The van der Waals surface area contributed by atoms with Crippen molar-refractivity contribution in [3.8, 4) is 6.07 Å². The van der Waals surface area contributed by atoms with Crippen molar-refractivity contribution in [2.75, 3.05) is 35.7 Å². The fourth-order valence-electron chi connectivity index (χ4n) is 5.08. The summed E-state index contributed by atoms with van der Waals surface area (Å²) in [6.45, 7) is 0.661. The van der Waals surface area contributed by atoms with Crippen molar-refractivity contribution in [2.45, 2.75) is 59.8 Å². The summed E-state index contributed by atoms with van der Waals surface area (Å²) in [5.41, 5.74) is 0.482. The van der Waals surface area contributed by atoms with E-state index in [0.717, 1.165) is 19.3 Å². The number of aliphatic hydroxyl groups excluding tert-OH is 1. The molecule has 0 amide bonds. The highest BCUT2D eigenvalue weighted by Gasteiger charge is 2.66. The summed E-state index contributed by atoms with van der Waals surface area (Å²) in [6.07, 6.45) is 4.00. The van der Waals surface area contributed by atoms with Crippen LogP contribution in [0.25, 0.3) is 0 Å². The van der Waals surface area contributed by atoms with Gasteiger partial charge in [-0.2, -0.15) is 5.26 Å². The summed E-state index contributed by atoms with van der Waals surface area (Å²) >= 11 is 0. The number of rotatable bonds is 6. The van der Waals surface area contributed by atoms with E-state index in [4.69, 9.17) is 4.98 Å². The molecule has 2 aromatic rings. The smallest absolute Gasteiger partial charge is 0.313 e. The number of hydrogen-bond donors (Lipinski definition) is 2. The molecule has 2 aliphatic heterocycles. The van der Waals surface area contributed by atoms with Crippen molar-refractivity contribution in [3.63, 3.8) is 0 Å². The van der Waals surface area contributed by atoms with E-state index in [1.807, 2.05) is 4.90 Å². The molecule has 8 nitrogen and oxygen atoms in total. The first-order chi connectivity index (χ1) is 17.2. The summed E-state index contributed by atoms with van der Waals surface area (Å²) in [5, 5.41) is 23.2. The predicted octanol–water partition coefficient (Wildman–Crippen LogP) is 4.78. The molecule has 15 heteroatoms. The van der Waals surface area contributed by atoms with E-state index in [1.165, 1.54) is 0 Å². The van der Waals surface area contributed by atoms with Crippen LogP contribution in [0.3, 0.4) is 0 Å². The van der Waals surface area contributed by atoms with Crippen LogP contribution in [0.2, 0.25) is 0 Å². The molecular weight excluding hydrogens is 539 g/mol. The van der Waals surface area contributed by atoms with E-state index in [-0.39, 0.29) is 30.7 Å². The molecule has 1 atom stereocenters. The lowest BCUT2D eigenvalue weighted by atomic mass is 9.77. The van der Waals surface area contributed by atoms with Gasteiger partial charge in [-0.1, -0.05) is 19.4 Å². The van der Waals surface area contributed by atoms with Crippen LogP contribution in [0.5, 0.6) is 0 Å². The molecule has 0 bridgehead atoms. The number of nitrogens with one attached hydrogen (secondary N) is 1. The molecule has 0 aromatic carbocycles. The molecular formula is C22H25F5N6O2S2. The fraction of sp³-hybridized carbons (Fsp3) is 0.545. The van der Waals surface area contributed by atoms with E-state index in [0.29, 0.717) is 65.8 Å². The SMILES string of the molecule is N#Cc1c(N2CCC(c3ncc(S(F)(F)(F)(F)F)cn3)CC2)nc(NC2(CO)CCC2)c2c1CC[S@]2=O. The zero-order valence-electron chi connectivity index (χ0n) is 19.6. The summed E-state index contributed by atoms with van der Waals surface area (Å²) in [4.78, 5) is 12.2. The van der Waals surface area contributed by atoms with Gasteiger partial charge in [-0.25, -0.2) is 15.0 Å². The molecule has 3 aliphatic rings. The zero-order chi connectivity index (χ0) is 26.7. The van der Waals surface area contributed by atoms with Crippen molar-refractivity contribution in [2.24, 2.45) is 0 Å². The summed E-state index contributed by atoms with van der Waals surface area (Å²) in [5.74, 6) is 0.919. The van der Waals surface area contributed by atoms with Gasteiger partial charge >= 0.3 is 10.2 Å². The van der Waals surface area contributed by atoms with Crippen molar-refractivity contribution in [3.05, 3.63) is 29.3 Å². The molecule has 1 aliphatic carbocycles. The van der Waals surface area contributed by atoms with Crippen LogP contribution in [-0.2, 0) is 17.2 Å². The maximum Gasteiger partial charge on any atom is 0.313 e. The molecule has 37 heavy (non-hydrogen) atoms. The number of fused-ring (bicyclic) bond motifs is 1. The minimum absolute atomic E-state index is 0.0558. The third-order valence-corrected chi connectivity index (χ3v) is 9.93. The number of nitriles is 1. The van der Waals surface area contributed by atoms with E-state index in [1.54, 1.807) is 0 Å². The monoisotopic (exact) mass is 564 g/mol. The minimum Gasteiger partial charge on any atom is -0.394 e. The lowest BCUT2D eigenvalue weighted by molar-refractivity contribution is 0.143. The van der Waals surface area contributed by atoms with Gasteiger partial charge in [0.05, 0.1) is 45.8 Å². The van der Waals surface area contributed by atoms with Gasteiger partial charge in [0.2, 0.25) is 0 Å². The molecule has 2 aromatic heterocycles. The molecule has 4 heterocycles. The van der Waals surface area contributed by atoms with Gasteiger partial charge in [0, 0.05) is 24.8 Å². The predicted molar refractivity (Wildman–Crippen MR) is 129 cm³/mol. The van der Waals surface area contributed by atoms with Crippen LogP contribution in [0.1, 0.15) is 55.0 Å². The van der Waals surface area contributed by atoms with Gasteiger partial charge in [0.1, 0.15) is 28.4 Å². The standard InChI is InChI=1S/C22H25F5N6O2S2/c23-37(24,25,26,27)15-11-29-19(30-12-15)14-2-7-33(8-3-14)21-17(10-28)16-4-9-36(35)18(16)20(31-21)32-22(13-34)5-1-6-22/h11-12,14,34H,1-9,13H2,(H,31,32)/t36-/m1/s1. The van der Waals surface area contributed by atoms with Gasteiger partial charge in [-0.15, -0.1) is 0 Å². The third-order valence-electron chi connectivity index (χ3n) is 7.36. The van der Waals surface area contributed by atoms with Crippen molar-refractivity contribution in [1.29, 1.82) is 5.26 Å². The number of aliphatic hydroxyl groups is 1. The molecule has 5 rings (SSSR count). The van der Waals surface area contributed by atoms with Crippen LogP contribution >= 0.6 is 10.2 Å². The molecule has 2 N–H and O–H groups in total. The van der Waals surface area contributed by atoms with E-state index in [2.05, 4.69) is 21.4 Å².